The normalized spacial score (nSPS) is 11.7. The fraction of sp³-hybridized carbons (Fsp3) is 0.0588. The molecule has 4 rings (SSSR count). The number of hydrogen-bond donors (Lipinski definition) is 0. The zero-order chi connectivity index (χ0) is 18.1. The molecule has 0 atom stereocenters. The predicted octanol–water partition coefficient (Wildman–Crippen LogP) is 4.00. The van der Waals surface area contributed by atoms with Crippen LogP contribution in [0, 0.1) is 0 Å². The fourth-order valence-electron chi connectivity index (χ4n) is 2.52. The van der Waals surface area contributed by atoms with Crippen LogP contribution in [0.25, 0.3) is 28.4 Å². The third kappa shape index (κ3) is 2.83. The monoisotopic (exact) mass is 357 g/mol. The quantitative estimate of drug-likeness (QED) is 0.554. The summed E-state index contributed by atoms with van der Waals surface area (Å²) in [4.78, 5) is 0. The summed E-state index contributed by atoms with van der Waals surface area (Å²) >= 11 is 0. The number of para-hydroxylation sites is 1. The zero-order valence-corrected chi connectivity index (χ0v) is 13.1. The van der Waals surface area contributed by atoms with Gasteiger partial charge in [-0.25, -0.2) is 0 Å². The summed E-state index contributed by atoms with van der Waals surface area (Å²) in [5.74, 6) is 0.651. The summed E-state index contributed by atoms with van der Waals surface area (Å²) in [5.41, 5.74) is 0.898. The molecule has 2 aromatic heterocycles. The molecule has 26 heavy (non-hydrogen) atoms. The van der Waals surface area contributed by atoms with E-state index in [4.69, 9.17) is 4.52 Å². The first-order valence-corrected chi connectivity index (χ1v) is 7.50. The van der Waals surface area contributed by atoms with Crippen LogP contribution in [0.15, 0.2) is 65.3 Å². The van der Waals surface area contributed by atoms with E-state index in [0.717, 1.165) is 17.8 Å². The Bertz CT molecular complexity index is 1020. The van der Waals surface area contributed by atoms with Gasteiger partial charge < -0.3 is 4.52 Å². The van der Waals surface area contributed by atoms with Gasteiger partial charge in [-0.1, -0.05) is 35.5 Å². The minimum absolute atomic E-state index is 0.283. The first-order valence-electron chi connectivity index (χ1n) is 7.50. The summed E-state index contributed by atoms with van der Waals surface area (Å²) in [6, 6.07) is 13.8. The number of alkyl halides is 3. The highest BCUT2D eigenvalue weighted by atomic mass is 19.4. The number of hydrogen-bond acceptors (Lipinski definition) is 5. The Morgan fingerprint density at radius 2 is 1.65 bits per heavy atom. The molecule has 0 spiro atoms. The van der Waals surface area contributed by atoms with Crippen molar-refractivity contribution in [1.82, 2.24) is 25.4 Å². The minimum Gasteiger partial charge on any atom is -0.356 e. The first kappa shape index (κ1) is 16.0. The van der Waals surface area contributed by atoms with E-state index < -0.39 is 11.7 Å². The molecule has 4 aromatic rings. The van der Waals surface area contributed by atoms with Gasteiger partial charge in [0.25, 0.3) is 0 Å². The van der Waals surface area contributed by atoms with Crippen molar-refractivity contribution in [1.29, 1.82) is 0 Å². The number of aromatic nitrogens is 5. The highest BCUT2D eigenvalue weighted by Gasteiger charge is 2.30. The van der Waals surface area contributed by atoms with Crippen molar-refractivity contribution < 1.29 is 17.7 Å². The second kappa shape index (κ2) is 6.10. The summed E-state index contributed by atoms with van der Waals surface area (Å²) < 4.78 is 45.0. The largest absolute Gasteiger partial charge is 0.416 e. The third-order valence-corrected chi connectivity index (χ3v) is 3.76. The van der Waals surface area contributed by atoms with Crippen LogP contribution < -0.4 is 0 Å². The Kier molecular flexibility index (Phi) is 3.76. The van der Waals surface area contributed by atoms with Crippen LogP contribution in [-0.2, 0) is 6.18 Å². The van der Waals surface area contributed by atoms with E-state index in [2.05, 4.69) is 20.7 Å². The molecule has 0 fully saturated rings. The van der Waals surface area contributed by atoms with Crippen LogP contribution in [0.4, 0.5) is 13.2 Å². The van der Waals surface area contributed by atoms with Crippen LogP contribution in [0.2, 0.25) is 0 Å². The number of tetrazole rings is 1. The van der Waals surface area contributed by atoms with E-state index in [1.165, 1.54) is 23.0 Å². The molecule has 0 unspecified atom stereocenters. The van der Waals surface area contributed by atoms with E-state index >= 15 is 0 Å². The Morgan fingerprint density at radius 3 is 2.35 bits per heavy atom. The van der Waals surface area contributed by atoms with Crippen molar-refractivity contribution in [2.75, 3.05) is 0 Å². The lowest BCUT2D eigenvalue weighted by atomic mass is 10.1. The summed E-state index contributed by atoms with van der Waals surface area (Å²) in [6.07, 6.45) is -2.97. The van der Waals surface area contributed by atoms with Crippen LogP contribution >= 0.6 is 0 Å². The smallest absolute Gasteiger partial charge is 0.356 e. The van der Waals surface area contributed by atoms with Crippen molar-refractivity contribution in [3.05, 3.63) is 66.4 Å². The fourth-order valence-corrected chi connectivity index (χ4v) is 2.52. The van der Waals surface area contributed by atoms with Crippen molar-refractivity contribution in [2.45, 2.75) is 6.18 Å². The molecule has 0 aliphatic heterocycles. The van der Waals surface area contributed by atoms with Crippen molar-refractivity contribution in [2.24, 2.45) is 0 Å². The highest BCUT2D eigenvalue weighted by molar-refractivity contribution is 5.76. The molecule has 6 nitrogen and oxygen atoms in total. The van der Waals surface area contributed by atoms with Crippen molar-refractivity contribution in [3.8, 4) is 28.4 Å². The molecule has 0 N–H and O–H groups in total. The van der Waals surface area contributed by atoms with E-state index in [9.17, 15) is 13.2 Å². The van der Waals surface area contributed by atoms with Gasteiger partial charge in [0, 0.05) is 5.56 Å². The molecular formula is C17H10F3N5O. The first-order chi connectivity index (χ1) is 12.5. The van der Waals surface area contributed by atoms with Gasteiger partial charge in [0.2, 0.25) is 0 Å². The molecule has 2 aromatic carbocycles. The molecular weight excluding hydrogens is 347 g/mol. The molecule has 0 bridgehead atoms. The van der Waals surface area contributed by atoms with E-state index in [0.29, 0.717) is 17.0 Å². The summed E-state index contributed by atoms with van der Waals surface area (Å²) in [7, 11) is 0. The maximum absolute atomic E-state index is 12.7. The molecule has 0 aliphatic rings. The van der Waals surface area contributed by atoms with Gasteiger partial charge >= 0.3 is 6.18 Å². The van der Waals surface area contributed by atoms with Gasteiger partial charge in [-0.05, 0) is 34.7 Å². The molecule has 9 heteroatoms. The molecule has 0 amide bonds. The van der Waals surface area contributed by atoms with Crippen molar-refractivity contribution >= 4 is 0 Å². The van der Waals surface area contributed by atoms with Gasteiger partial charge in [0.15, 0.2) is 11.6 Å². The lowest BCUT2D eigenvalue weighted by molar-refractivity contribution is -0.137. The number of benzene rings is 2. The third-order valence-electron chi connectivity index (χ3n) is 3.76. The van der Waals surface area contributed by atoms with Gasteiger partial charge in [-0.2, -0.15) is 17.9 Å². The highest BCUT2D eigenvalue weighted by Crippen LogP contribution is 2.34. The van der Waals surface area contributed by atoms with E-state index in [1.54, 1.807) is 0 Å². The Labute approximate surface area is 144 Å². The number of rotatable bonds is 3. The topological polar surface area (TPSA) is 69.6 Å². The molecule has 0 radical (unpaired) electrons. The van der Waals surface area contributed by atoms with Crippen LogP contribution in [0.3, 0.4) is 0 Å². The zero-order valence-electron chi connectivity index (χ0n) is 13.1. The van der Waals surface area contributed by atoms with Crippen LogP contribution in [0.1, 0.15) is 5.56 Å². The van der Waals surface area contributed by atoms with Crippen molar-refractivity contribution in [3.63, 3.8) is 0 Å². The molecule has 0 aliphatic carbocycles. The lowest BCUT2D eigenvalue weighted by Gasteiger charge is -2.07. The van der Waals surface area contributed by atoms with Gasteiger partial charge in [-0.15, -0.1) is 5.10 Å². The maximum Gasteiger partial charge on any atom is 0.416 e. The number of halogens is 3. The molecule has 130 valence electrons. The minimum atomic E-state index is -4.40. The second-order valence-corrected chi connectivity index (χ2v) is 5.39. The Hall–Kier alpha value is -3.49. The number of nitrogens with zero attached hydrogens (tertiary/aromatic N) is 5. The average Bonchev–Trinajstić information content (AvgIpc) is 3.31. The van der Waals surface area contributed by atoms with E-state index in [1.807, 2.05) is 30.3 Å². The summed E-state index contributed by atoms with van der Waals surface area (Å²) in [5, 5.41) is 15.4. The Balaban J connectivity index is 1.77. The summed E-state index contributed by atoms with van der Waals surface area (Å²) in [6.45, 7) is 0. The van der Waals surface area contributed by atoms with Gasteiger partial charge in [0.05, 0.1) is 23.0 Å². The van der Waals surface area contributed by atoms with E-state index in [-0.39, 0.29) is 5.76 Å². The van der Waals surface area contributed by atoms with Crippen LogP contribution in [-0.4, -0.2) is 25.4 Å². The van der Waals surface area contributed by atoms with Gasteiger partial charge in [0.1, 0.15) is 0 Å². The van der Waals surface area contributed by atoms with Crippen LogP contribution in [0.5, 0.6) is 0 Å². The molecule has 0 saturated heterocycles. The lowest BCUT2D eigenvalue weighted by Crippen LogP contribution is -2.04. The maximum atomic E-state index is 12.7. The Morgan fingerprint density at radius 1 is 0.923 bits per heavy atom. The predicted molar refractivity (Wildman–Crippen MR) is 85.1 cm³/mol. The SMILES string of the molecule is FC(F)(F)c1ccc(-c2oncc2-c2nnnn2-c2ccccc2)cc1. The second-order valence-electron chi connectivity index (χ2n) is 5.39. The molecule has 0 saturated carbocycles. The standard InChI is InChI=1S/C17H10F3N5O/c18-17(19,20)12-8-6-11(7-9-12)15-14(10-21-26-15)16-22-23-24-25(16)13-4-2-1-3-5-13/h1-10H. The molecule has 2 heterocycles. The average molecular weight is 357 g/mol. The van der Waals surface area contributed by atoms with Gasteiger partial charge in [-0.3, -0.25) is 0 Å².